The number of esters is 1. The minimum Gasteiger partial charge on any atom is -0.497 e. The Bertz CT molecular complexity index is 831. The first-order valence-electron chi connectivity index (χ1n) is 8.65. The first kappa shape index (κ1) is 18.8. The molecule has 1 aromatic carbocycles. The maximum absolute atomic E-state index is 12.7. The van der Waals surface area contributed by atoms with Crippen molar-refractivity contribution in [2.45, 2.75) is 25.8 Å². The lowest BCUT2D eigenvalue weighted by molar-refractivity contribution is -0.135. The van der Waals surface area contributed by atoms with Crippen molar-refractivity contribution in [1.29, 1.82) is 0 Å². The summed E-state index contributed by atoms with van der Waals surface area (Å²) >= 11 is 0. The van der Waals surface area contributed by atoms with Crippen LogP contribution in [0, 0.1) is 6.92 Å². The quantitative estimate of drug-likeness (QED) is 0.718. The molecule has 1 aliphatic rings. The summed E-state index contributed by atoms with van der Waals surface area (Å²) in [6.45, 7) is 1.92. The fourth-order valence-electron chi connectivity index (χ4n) is 3.23. The van der Waals surface area contributed by atoms with Crippen molar-refractivity contribution in [3.63, 3.8) is 0 Å². The SMILES string of the molecule is COc1ccc(OC)c([C@@H]2CCCN2C(=O)COC(=O)c2cc(C)no2)c1. The van der Waals surface area contributed by atoms with Crippen LogP contribution in [0.3, 0.4) is 0 Å². The van der Waals surface area contributed by atoms with Crippen molar-refractivity contribution in [2.75, 3.05) is 27.4 Å². The van der Waals surface area contributed by atoms with Crippen LogP contribution in [0.5, 0.6) is 11.5 Å². The number of aromatic nitrogens is 1. The van der Waals surface area contributed by atoms with Gasteiger partial charge in [-0.1, -0.05) is 5.16 Å². The van der Waals surface area contributed by atoms with Crippen LogP contribution in [0.15, 0.2) is 28.8 Å². The van der Waals surface area contributed by atoms with Crippen LogP contribution in [0.25, 0.3) is 0 Å². The molecule has 1 atom stereocenters. The number of rotatable bonds is 6. The molecule has 0 bridgehead atoms. The standard InChI is InChI=1S/C19H22N2O6/c1-12-9-17(27-20-12)19(23)26-11-18(22)21-8-4-5-15(21)14-10-13(24-2)6-7-16(14)25-3/h6-7,9-10,15H,4-5,8,11H2,1-3H3/t15-/m0/s1. The Labute approximate surface area is 157 Å². The summed E-state index contributed by atoms with van der Waals surface area (Å²) in [4.78, 5) is 26.3. The van der Waals surface area contributed by atoms with Crippen molar-refractivity contribution < 1.29 is 28.3 Å². The topological polar surface area (TPSA) is 91.1 Å². The van der Waals surface area contributed by atoms with E-state index < -0.39 is 5.97 Å². The Morgan fingerprint density at radius 3 is 2.74 bits per heavy atom. The van der Waals surface area contributed by atoms with E-state index >= 15 is 0 Å². The van der Waals surface area contributed by atoms with Crippen LogP contribution >= 0.6 is 0 Å². The van der Waals surface area contributed by atoms with Gasteiger partial charge in [0.25, 0.3) is 5.91 Å². The first-order valence-corrected chi connectivity index (χ1v) is 8.65. The third-order valence-electron chi connectivity index (χ3n) is 4.52. The molecule has 1 fully saturated rings. The number of methoxy groups -OCH3 is 2. The molecule has 0 radical (unpaired) electrons. The molecule has 1 aromatic heterocycles. The van der Waals surface area contributed by atoms with E-state index in [0.29, 0.717) is 23.7 Å². The molecular formula is C19H22N2O6. The summed E-state index contributed by atoms with van der Waals surface area (Å²) in [7, 11) is 3.18. The van der Waals surface area contributed by atoms with Crippen molar-refractivity contribution in [1.82, 2.24) is 10.1 Å². The molecule has 1 aliphatic heterocycles. The van der Waals surface area contributed by atoms with Gasteiger partial charge >= 0.3 is 5.97 Å². The highest BCUT2D eigenvalue weighted by Crippen LogP contribution is 2.38. The predicted molar refractivity (Wildman–Crippen MR) is 94.8 cm³/mol. The second kappa shape index (κ2) is 8.11. The molecule has 3 rings (SSSR count). The number of aryl methyl sites for hydroxylation is 1. The van der Waals surface area contributed by atoms with E-state index in [9.17, 15) is 9.59 Å². The van der Waals surface area contributed by atoms with Gasteiger partial charge in [0.05, 0.1) is 26.0 Å². The molecular weight excluding hydrogens is 352 g/mol. The number of benzene rings is 1. The molecule has 1 amide bonds. The van der Waals surface area contributed by atoms with Crippen LogP contribution in [-0.2, 0) is 9.53 Å². The molecule has 0 saturated carbocycles. The molecule has 27 heavy (non-hydrogen) atoms. The molecule has 0 aliphatic carbocycles. The number of carbonyl (C=O) groups excluding carboxylic acids is 2. The zero-order valence-corrected chi connectivity index (χ0v) is 15.6. The van der Waals surface area contributed by atoms with Crippen molar-refractivity contribution in [3.05, 3.63) is 41.3 Å². The van der Waals surface area contributed by atoms with Gasteiger partial charge in [-0.2, -0.15) is 0 Å². The van der Waals surface area contributed by atoms with E-state index in [-0.39, 0.29) is 24.3 Å². The summed E-state index contributed by atoms with van der Waals surface area (Å²) in [6, 6.07) is 6.81. The lowest BCUT2D eigenvalue weighted by Crippen LogP contribution is -2.34. The number of nitrogens with zero attached hydrogens (tertiary/aromatic N) is 2. The van der Waals surface area contributed by atoms with Gasteiger partial charge in [0.1, 0.15) is 11.5 Å². The number of hydrogen-bond acceptors (Lipinski definition) is 7. The fourth-order valence-corrected chi connectivity index (χ4v) is 3.23. The normalized spacial score (nSPS) is 16.3. The molecule has 0 unspecified atom stereocenters. The highest BCUT2D eigenvalue weighted by Gasteiger charge is 2.32. The molecule has 2 heterocycles. The van der Waals surface area contributed by atoms with Gasteiger partial charge in [0, 0.05) is 18.2 Å². The third kappa shape index (κ3) is 4.05. The summed E-state index contributed by atoms with van der Waals surface area (Å²) in [5.41, 5.74) is 1.44. The van der Waals surface area contributed by atoms with Crippen LogP contribution in [0.1, 0.15) is 40.7 Å². The second-order valence-electron chi connectivity index (χ2n) is 6.26. The minimum atomic E-state index is -0.710. The Morgan fingerprint density at radius 1 is 1.26 bits per heavy atom. The maximum Gasteiger partial charge on any atom is 0.377 e. The van der Waals surface area contributed by atoms with Gasteiger partial charge in [-0.3, -0.25) is 4.79 Å². The Kier molecular flexibility index (Phi) is 5.63. The van der Waals surface area contributed by atoms with Crippen LogP contribution in [0.4, 0.5) is 0 Å². The number of amides is 1. The molecule has 0 N–H and O–H groups in total. The minimum absolute atomic E-state index is 0.0206. The largest absolute Gasteiger partial charge is 0.497 e. The molecule has 8 heteroatoms. The van der Waals surface area contributed by atoms with Crippen LogP contribution < -0.4 is 9.47 Å². The maximum atomic E-state index is 12.7. The van der Waals surface area contributed by atoms with Gasteiger partial charge in [-0.25, -0.2) is 4.79 Å². The van der Waals surface area contributed by atoms with E-state index in [1.54, 1.807) is 26.0 Å². The monoisotopic (exact) mass is 374 g/mol. The lowest BCUT2D eigenvalue weighted by atomic mass is 10.0. The number of ether oxygens (including phenoxy) is 3. The van der Waals surface area contributed by atoms with E-state index in [2.05, 4.69) is 5.16 Å². The first-order chi connectivity index (χ1) is 13.0. The van der Waals surface area contributed by atoms with Crippen molar-refractivity contribution in [3.8, 4) is 11.5 Å². The van der Waals surface area contributed by atoms with Gasteiger partial charge in [0.2, 0.25) is 5.76 Å². The lowest BCUT2D eigenvalue weighted by Gasteiger charge is -2.26. The summed E-state index contributed by atoms with van der Waals surface area (Å²) in [5.74, 6) is 0.380. The predicted octanol–water partition coefficient (Wildman–Crippen LogP) is 2.52. The average Bonchev–Trinajstić information content (AvgIpc) is 3.34. The smallest absolute Gasteiger partial charge is 0.377 e. The summed E-state index contributed by atoms with van der Waals surface area (Å²) in [6.07, 6.45) is 1.65. The number of carbonyl (C=O) groups is 2. The van der Waals surface area contributed by atoms with Crippen molar-refractivity contribution >= 4 is 11.9 Å². The van der Waals surface area contributed by atoms with E-state index in [1.807, 2.05) is 18.2 Å². The van der Waals surface area contributed by atoms with E-state index in [4.69, 9.17) is 18.7 Å². The zero-order chi connectivity index (χ0) is 19.4. The average molecular weight is 374 g/mol. The van der Waals surface area contributed by atoms with Gasteiger partial charge in [-0.05, 0) is 38.0 Å². The molecule has 8 nitrogen and oxygen atoms in total. The summed E-state index contributed by atoms with van der Waals surface area (Å²) in [5, 5.41) is 3.63. The Balaban J connectivity index is 1.70. The number of likely N-dealkylation sites (tertiary alicyclic amines) is 1. The van der Waals surface area contributed by atoms with E-state index in [1.165, 1.54) is 6.07 Å². The van der Waals surface area contributed by atoms with E-state index in [0.717, 1.165) is 18.4 Å². The van der Waals surface area contributed by atoms with Gasteiger partial charge in [0.15, 0.2) is 6.61 Å². The van der Waals surface area contributed by atoms with Crippen molar-refractivity contribution in [2.24, 2.45) is 0 Å². The third-order valence-corrected chi connectivity index (χ3v) is 4.52. The van der Waals surface area contributed by atoms with Crippen LogP contribution in [0.2, 0.25) is 0 Å². The second-order valence-corrected chi connectivity index (χ2v) is 6.26. The fraction of sp³-hybridized carbons (Fsp3) is 0.421. The Hall–Kier alpha value is -3.03. The molecule has 1 saturated heterocycles. The molecule has 144 valence electrons. The van der Waals surface area contributed by atoms with Gasteiger partial charge < -0.3 is 23.6 Å². The molecule has 0 spiro atoms. The Morgan fingerprint density at radius 2 is 2.07 bits per heavy atom. The molecule has 2 aromatic rings. The highest BCUT2D eigenvalue weighted by molar-refractivity contribution is 5.89. The number of hydrogen-bond donors (Lipinski definition) is 0. The highest BCUT2D eigenvalue weighted by atomic mass is 16.6. The van der Waals surface area contributed by atoms with Gasteiger partial charge in [-0.15, -0.1) is 0 Å². The zero-order valence-electron chi connectivity index (χ0n) is 15.6. The van der Waals surface area contributed by atoms with Crippen LogP contribution in [-0.4, -0.2) is 49.3 Å². The summed E-state index contributed by atoms with van der Waals surface area (Å²) < 4.78 is 20.7.